The summed E-state index contributed by atoms with van der Waals surface area (Å²) in [6.07, 6.45) is 0.911. The van der Waals surface area contributed by atoms with Gasteiger partial charge in [0.1, 0.15) is 12.3 Å². The van der Waals surface area contributed by atoms with Gasteiger partial charge in [0.2, 0.25) is 5.89 Å². The Hall–Kier alpha value is -1.57. The van der Waals surface area contributed by atoms with E-state index in [9.17, 15) is 0 Å². The third-order valence-corrected chi connectivity index (χ3v) is 3.02. The Labute approximate surface area is 142 Å². The molecular weight excluding hydrogens is 379 g/mol. The van der Waals surface area contributed by atoms with Crippen LogP contribution in [0.1, 0.15) is 22.9 Å². The predicted molar refractivity (Wildman–Crippen MR) is 94.9 cm³/mol. The molecule has 114 valence electrons. The van der Waals surface area contributed by atoms with Crippen LogP contribution in [-0.2, 0) is 13.0 Å². The first kappa shape index (κ1) is 17.5. The summed E-state index contributed by atoms with van der Waals surface area (Å²) < 4.78 is 5.44. The number of aromatic nitrogens is 1. The molecule has 1 heterocycles. The minimum absolute atomic E-state index is 0. The lowest BCUT2D eigenvalue weighted by atomic mass is 10.1. The van der Waals surface area contributed by atoms with Crippen LogP contribution < -0.4 is 11.1 Å². The molecule has 0 spiro atoms. The van der Waals surface area contributed by atoms with E-state index in [1.54, 1.807) is 0 Å². The van der Waals surface area contributed by atoms with Crippen molar-refractivity contribution in [1.82, 2.24) is 10.3 Å². The molecule has 21 heavy (non-hydrogen) atoms. The minimum Gasteiger partial charge on any atom is -0.444 e. The van der Waals surface area contributed by atoms with Crippen LogP contribution in [-0.4, -0.2) is 17.5 Å². The fourth-order valence-corrected chi connectivity index (χ4v) is 1.80. The van der Waals surface area contributed by atoms with E-state index in [1.807, 2.05) is 32.0 Å². The molecule has 0 aliphatic rings. The molecule has 6 heteroatoms. The normalized spacial score (nSPS) is 11.0. The first-order valence-electron chi connectivity index (χ1n) is 6.66. The van der Waals surface area contributed by atoms with Crippen LogP contribution in [0.3, 0.4) is 0 Å². The van der Waals surface area contributed by atoms with Crippen molar-refractivity contribution in [2.45, 2.75) is 26.8 Å². The van der Waals surface area contributed by atoms with Crippen LogP contribution in [0.4, 0.5) is 0 Å². The number of aryl methyl sites for hydroxylation is 2. The van der Waals surface area contributed by atoms with Gasteiger partial charge >= 0.3 is 0 Å². The minimum atomic E-state index is 0. The Morgan fingerprint density at radius 3 is 2.62 bits per heavy atom. The largest absolute Gasteiger partial charge is 0.444 e. The van der Waals surface area contributed by atoms with Crippen LogP contribution in [0.15, 0.2) is 39.7 Å². The summed E-state index contributed by atoms with van der Waals surface area (Å²) in [5, 5.41) is 3.08. The van der Waals surface area contributed by atoms with Gasteiger partial charge in [0.15, 0.2) is 5.96 Å². The number of hydrogen-bond acceptors (Lipinski definition) is 3. The number of rotatable bonds is 5. The van der Waals surface area contributed by atoms with Gasteiger partial charge in [0.05, 0.1) is 5.69 Å². The average Bonchev–Trinajstić information content (AvgIpc) is 2.77. The zero-order chi connectivity index (χ0) is 14.4. The van der Waals surface area contributed by atoms with Gasteiger partial charge in [0, 0.05) is 6.54 Å². The fraction of sp³-hybridized carbons (Fsp3) is 0.333. The maximum atomic E-state index is 5.80. The van der Waals surface area contributed by atoms with E-state index in [0.29, 0.717) is 18.4 Å². The summed E-state index contributed by atoms with van der Waals surface area (Å²) in [4.78, 5) is 8.46. The summed E-state index contributed by atoms with van der Waals surface area (Å²) in [6, 6.07) is 10.2. The number of halogens is 1. The molecule has 0 unspecified atom stereocenters. The van der Waals surface area contributed by atoms with E-state index in [-0.39, 0.29) is 24.0 Å². The van der Waals surface area contributed by atoms with E-state index in [4.69, 9.17) is 10.2 Å². The standard InChI is InChI=1S/C15H20N4O.HI/c1-11-12(2)20-14(19-11)10-18-15(16)17-9-8-13-6-4-3-5-7-13;/h3-7H,8-10H2,1-2H3,(H3,16,17,18);1H. The van der Waals surface area contributed by atoms with E-state index < -0.39 is 0 Å². The SMILES string of the molecule is Cc1nc(CN=C(N)NCCc2ccccc2)oc1C.I. The molecule has 0 radical (unpaired) electrons. The molecule has 0 aliphatic carbocycles. The lowest BCUT2D eigenvalue weighted by Crippen LogP contribution is -2.33. The maximum Gasteiger partial charge on any atom is 0.216 e. The van der Waals surface area contributed by atoms with Gasteiger partial charge < -0.3 is 15.5 Å². The monoisotopic (exact) mass is 400 g/mol. The van der Waals surface area contributed by atoms with Crippen molar-refractivity contribution < 1.29 is 4.42 Å². The number of nitrogens with two attached hydrogens (primary N) is 1. The molecular formula is C15H21IN4O. The van der Waals surface area contributed by atoms with E-state index in [1.165, 1.54) is 5.56 Å². The highest BCUT2D eigenvalue weighted by Crippen LogP contribution is 2.08. The summed E-state index contributed by atoms with van der Waals surface area (Å²) in [6.45, 7) is 4.91. The number of guanidine groups is 1. The van der Waals surface area contributed by atoms with Gasteiger partial charge in [-0.3, -0.25) is 0 Å². The second-order valence-corrected chi connectivity index (χ2v) is 4.61. The molecule has 1 aromatic carbocycles. The first-order valence-corrected chi connectivity index (χ1v) is 6.66. The van der Waals surface area contributed by atoms with Gasteiger partial charge in [0.25, 0.3) is 0 Å². The maximum absolute atomic E-state index is 5.80. The number of nitrogens with one attached hydrogen (secondary N) is 1. The van der Waals surface area contributed by atoms with Crippen molar-refractivity contribution in [1.29, 1.82) is 0 Å². The molecule has 0 atom stereocenters. The molecule has 2 rings (SSSR count). The Bertz CT molecular complexity index is 561. The zero-order valence-electron chi connectivity index (χ0n) is 12.3. The molecule has 0 bridgehead atoms. The zero-order valence-corrected chi connectivity index (χ0v) is 14.6. The number of aliphatic imine (C=N–C) groups is 1. The van der Waals surface area contributed by atoms with Crippen molar-refractivity contribution in [2.24, 2.45) is 10.7 Å². The molecule has 0 aliphatic heterocycles. The lowest BCUT2D eigenvalue weighted by molar-refractivity contribution is 0.473. The quantitative estimate of drug-likeness (QED) is 0.460. The number of hydrogen-bond donors (Lipinski definition) is 2. The fourth-order valence-electron chi connectivity index (χ4n) is 1.80. The molecule has 2 aromatic rings. The molecule has 0 saturated heterocycles. The number of oxazole rings is 1. The van der Waals surface area contributed by atoms with Gasteiger partial charge in [-0.25, -0.2) is 9.98 Å². The van der Waals surface area contributed by atoms with Gasteiger partial charge in [-0.15, -0.1) is 24.0 Å². The van der Waals surface area contributed by atoms with Crippen LogP contribution in [0.2, 0.25) is 0 Å². The summed E-state index contributed by atoms with van der Waals surface area (Å²) in [5.41, 5.74) is 7.96. The molecule has 0 fully saturated rings. The highest BCUT2D eigenvalue weighted by molar-refractivity contribution is 14.0. The van der Waals surface area contributed by atoms with Crippen molar-refractivity contribution in [3.63, 3.8) is 0 Å². The summed E-state index contributed by atoms with van der Waals surface area (Å²) >= 11 is 0. The topological polar surface area (TPSA) is 76.4 Å². The Balaban J connectivity index is 0.00000220. The van der Waals surface area contributed by atoms with Crippen molar-refractivity contribution >= 4 is 29.9 Å². The number of nitrogens with zero attached hydrogens (tertiary/aromatic N) is 2. The molecule has 0 amide bonds. The molecule has 1 aromatic heterocycles. The van der Waals surface area contributed by atoms with Gasteiger partial charge in [-0.2, -0.15) is 0 Å². The lowest BCUT2D eigenvalue weighted by Gasteiger charge is -2.05. The average molecular weight is 400 g/mol. The van der Waals surface area contributed by atoms with Gasteiger partial charge in [-0.05, 0) is 25.8 Å². The van der Waals surface area contributed by atoms with Crippen molar-refractivity contribution in [3.05, 3.63) is 53.2 Å². The van der Waals surface area contributed by atoms with Crippen LogP contribution in [0, 0.1) is 13.8 Å². The smallest absolute Gasteiger partial charge is 0.216 e. The van der Waals surface area contributed by atoms with Crippen LogP contribution in [0.5, 0.6) is 0 Å². The Morgan fingerprint density at radius 2 is 2.00 bits per heavy atom. The summed E-state index contributed by atoms with van der Waals surface area (Å²) in [5.74, 6) is 1.83. The second-order valence-electron chi connectivity index (χ2n) is 4.61. The third-order valence-electron chi connectivity index (χ3n) is 3.02. The molecule has 0 saturated carbocycles. The van der Waals surface area contributed by atoms with E-state index >= 15 is 0 Å². The summed E-state index contributed by atoms with van der Waals surface area (Å²) in [7, 11) is 0. The first-order chi connectivity index (χ1) is 9.65. The second kappa shape index (κ2) is 8.66. The third kappa shape index (κ3) is 5.74. The Kier molecular flexibility index (Phi) is 7.21. The van der Waals surface area contributed by atoms with Crippen LogP contribution >= 0.6 is 24.0 Å². The molecule has 5 nitrogen and oxygen atoms in total. The predicted octanol–water partition coefficient (Wildman–Crippen LogP) is 2.56. The van der Waals surface area contributed by atoms with Crippen molar-refractivity contribution in [3.8, 4) is 0 Å². The molecule has 3 N–H and O–H groups in total. The van der Waals surface area contributed by atoms with Crippen LogP contribution in [0.25, 0.3) is 0 Å². The highest BCUT2D eigenvalue weighted by Gasteiger charge is 2.04. The van der Waals surface area contributed by atoms with E-state index in [2.05, 4.69) is 27.4 Å². The number of benzene rings is 1. The van der Waals surface area contributed by atoms with Gasteiger partial charge in [-0.1, -0.05) is 30.3 Å². The van der Waals surface area contributed by atoms with E-state index in [0.717, 1.165) is 24.4 Å². The Morgan fingerprint density at radius 1 is 1.29 bits per heavy atom. The van der Waals surface area contributed by atoms with Crippen molar-refractivity contribution in [2.75, 3.05) is 6.54 Å². The highest BCUT2D eigenvalue weighted by atomic mass is 127.